The molecule has 0 amide bonds. The van der Waals surface area contributed by atoms with E-state index in [1.165, 1.54) is 18.2 Å². The molecule has 0 atom stereocenters. The minimum absolute atomic E-state index is 0.0219. The van der Waals surface area contributed by atoms with Crippen LogP contribution in [0.25, 0.3) is 0 Å². The molecule has 0 saturated carbocycles. The van der Waals surface area contributed by atoms with Gasteiger partial charge in [-0.1, -0.05) is 30.3 Å². The molecule has 1 aromatic carbocycles. The van der Waals surface area contributed by atoms with Gasteiger partial charge in [0.15, 0.2) is 17.3 Å². The van der Waals surface area contributed by atoms with Crippen LogP contribution in [0.2, 0.25) is 0 Å². The molecule has 18 heavy (non-hydrogen) atoms. The van der Waals surface area contributed by atoms with Gasteiger partial charge >= 0.3 is 0 Å². The van der Waals surface area contributed by atoms with E-state index in [9.17, 15) is 14.4 Å². The van der Waals surface area contributed by atoms with E-state index >= 15 is 0 Å². The second-order valence-electron chi connectivity index (χ2n) is 4.06. The molecule has 90 valence electrons. The van der Waals surface area contributed by atoms with Crippen molar-refractivity contribution in [3.63, 3.8) is 0 Å². The van der Waals surface area contributed by atoms with Gasteiger partial charge in [-0.25, -0.2) is 0 Å². The third-order valence-electron chi connectivity index (χ3n) is 2.75. The molecule has 0 fully saturated rings. The summed E-state index contributed by atoms with van der Waals surface area (Å²) in [5.41, 5.74) is 1.04. The highest BCUT2D eigenvalue weighted by atomic mass is 16.1. The number of hydrogen-bond acceptors (Lipinski definition) is 3. The average molecular weight is 240 g/mol. The second kappa shape index (κ2) is 5.36. The first-order valence-electron chi connectivity index (χ1n) is 5.72. The zero-order valence-electron chi connectivity index (χ0n) is 9.76. The van der Waals surface area contributed by atoms with Crippen LogP contribution in [0.1, 0.15) is 23.2 Å². The van der Waals surface area contributed by atoms with E-state index < -0.39 is 0 Å². The van der Waals surface area contributed by atoms with Crippen LogP contribution >= 0.6 is 0 Å². The number of carbonyl (C=O) groups excluding carboxylic acids is 3. The van der Waals surface area contributed by atoms with Crippen molar-refractivity contribution in [1.29, 1.82) is 0 Å². The maximum atomic E-state index is 11.8. The Labute approximate surface area is 105 Å². The minimum Gasteiger partial charge on any atom is -0.294 e. The van der Waals surface area contributed by atoms with Gasteiger partial charge in [0.1, 0.15) is 0 Å². The normalized spacial score (nSPS) is 14.6. The lowest BCUT2D eigenvalue weighted by Crippen LogP contribution is -2.09. The summed E-state index contributed by atoms with van der Waals surface area (Å²) >= 11 is 0. The lowest BCUT2D eigenvalue weighted by atomic mass is 9.96. The standard InChI is InChI=1S/C15H12O3/c16-13-7-9-15(18)12(10-13)6-8-14(17)11-4-2-1-3-5-11/h1-5,7,9-10H,6,8H2. The summed E-state index contributed by atoms with van der Waals surface area (Å²) < 4.78 is 0. The molecule has 1 aliphatic rings. The van der Waals surface area contributed by atoms with E-state index in [-0.39, 0.29) is 23.8 Å². The lowest BCUT2D eigenvalue weighted by molar-refractivity contribution is -0.114. The van der Waals surface area contributed by atoms with Crippen LogP contribution in [-0.2, 0) is 9.59 Å². The largest absolute Gasteiger partial charge is 0.294 e. The zero-order valence-corrected chi connectivity index (χ0v) is 9.76. The van der Waals surface area contributed by atoms with Crippen LogP contribution in [0.5, 0.6) is 0 Å². The fourth-order valence-electron chi connectivity index (χ4n) is 1.77. The first kappa shape index (κ1) is 12.2. The van der Waals surface area contributed by atoms with Gasteiger partial charge in [0.05, 0.1) is 0 Å². The molecule has 1 aromatic rings. The van der Waals surface area contributed by atoms with Crippen LogP contribution in [-0.4, -0.2) is 17.3 Å². The molecule has 0 aliphatic heterocycles. The summed E-state index contributed by atoms with van der Waals surface area (Å²) in [6.45, 7) is 0. The van der Waals surface area contributed by atoms with E-state index in [0.29, 0.717) is 17.6 Å². The van der Waals surface area contributed by atoms with Crippen molar-refractivity contribution in [2.24, 2.45) is 0 Å². The monoisotopic (exact) mass is 240 g/mol. The summed E-state index contributed by atoms with van der Waals surface area (Å²) in [6.07, 6.45) is 4.35. The molecule has 0 saturated heterocycles. The molecule has 0 aromatic heterocycles. The van der Waals surface area contributed by atoms with Crippen molar-refractivity contribution in [1.82, 2.24) is 0 Å². The molecule has 0 radical (unpaired) electrons. The fraction of sp³-hybridized carbons (Fsp3) is 0.133. The van der Waals surface area contributed by atoms with Gasteiger partial charge in [0.2, 0.25) is 0 Å². The summed E-state index contributed by atoms with van der Waals surface area (Å²) in [7, 11) is 0. The molecule has 0 spiro atoms. The Morgan fingerprint density at radius 3 is 2.44 bits per heavy atom. The molecule has 3 heteroatoms. The van der Waals surface area contributed by atoms with Crippen LogP contribution < -0.4 is 0 Å². The molecule has 0 N–H and O–H groups in total. The predicted octanol–water partition coefficient (Wildman–Crippen LogP) is 2.28. The topological polar surface area (TPSA) is 51.2 Å². The Kier molecular flexibility index (Phi) is 3.63. The minimum atomic E-state index is -0.197. The highest BCUT2D eigenvalue weighted by Gasteiger charge is 2.14. The SMILES string of the molecule is O=C1C=CC(=O)C(CCC(=O)c2ccccc2)=C1. The van der Waals surface area contributed by atoms with Gasteiger partial charge < -0.3 is 0 Å². The Morgan fingerprint density at radius 1 is 1.00 bits per heavy atom. The Bertz CT molecular complexity index is 550. The van der Waals surface area contributed by atoms with Crippen LogP contribution in [0.15, 0.2) is 54.1 Å². The predicted molar refractivity (Wildman–Crippen MR) is 67.2 cm³/mol. The smallest absolute Gasteiger partial charge is 0.182 e. The van der Waals surface area contributed by atoms with Gasteiger partial charge in [0.25, 0.3) is 0 Å². The Morgan fingerprint density at radius 2 is 1.72 bits per heavy atom. The quantitative estimate of drug-likeness (QED) is 0.599. The second-order valence-corrected chi connectivity index (χ2v) is 4.06. The van der Waals surface area contributed by atoms with Crippen LogP contribution in [0.3, 0.4) is 0 Å². The van der Waals surface area contributed by atoms with E-state index in [4.69, 9.17) is 0 Å². The molecular formula is C15H12O3. The lowest BCUT2D eigenvalue weighted by Gasteiger charge is -2.06. The third kappa shape index (κ3) is 2.88. The maximum absolute atomic E-state index is 11.8. The van der Waals surface area contributed by atoms with Crippen molar-refractivity contribution >= 4 is 17.3 Å². The third-order valence-corrected chi connectivity index (χ3v) is 2.75. The molecule has 0 heterocycles. The summed E-state index contributed by atoms with van der Waals surface area (Å²) in [5, 5.41) is 0. The number of Topliss-reactive ketones (excluding diaryl/α,β-unsaturated/α-hetero) is 1. The number of hydrogen-bond donors (Lipinski definition) is 0. The Hall–Kier alpha value is -2.29. The highest BCUT2D eigenvalue weighted by Crippen LogP contribution is 2.14. The van der Waals surface area contributed by atoms with Gasteiger partial charge in [0, 0.05) is 17.6 Å². The number of allylic oxidation sites excluding steroid dienone is 4. The van der Waals surface area contributed by atoms with Crippen molar-refractivity contribution in [2.45, 2.75) is 12.8 Å². The van der Waals surface area contributed by atoms with E-state index in [1.807, 2.05) is 6.07 Å². The van der Waals surface area contributed by atoms with Gasteiger partial charge in [-0.3, -0.25) is 14.4 Å². The first-order valence-corrected chi connectivity index (χ1v) is 5.72. The fourth-order valence-corrected chi connectivity index (χ4v) is 1.77. The zero-order chi connectivity index (χ0) is 13.0. The molecule has 2 rings (SSSR count). The summed E-state index contributed by atoms with van der Waals surface area (Å²) in [4.78, 5) is 34.4. The molecular weight excluding hydrogens is 228 g/mol. The first-order chi connectivity index (χ1) is 8.66. The molecule has 0 unspecified atom stereocenters. The van der Waals surface area contributed by atoms with Crippen LogP contribution in [0, 0.1) is 0 Å². The van der Waals surface area contributed by atoms with Gasteiger partial charge in [-0.2, -0.15) is 0 Å². The Balaban J connectivity index is 1.99. The van der Waals surface area contributed by atoms with Gasteiger partial charge in [-0.15, -0.1) is 0 Å². The molecule has 3 nitrogen and oxygen atoms in total. The average Bonchev–Trinajstić information content (AvgIpc) is 2.40. The van der Waals surface area contributed by atoms with Crippen molar-refractivity contribution in [3.05, 3.63) is 59.7 Å². The van der Waals surface area contributed by atoms with E-state index in [0.717, 1.165) is 0 Å². The summed E-state index contributed by atoms with van der Waals surface area (Å²) in [5.74, 6) is -0.404. The van der Waals surface area contributed by atoms with Crippen molar-refractivity contribution in [3.8, 4) is 0 Å². The van der Waals surface area contributed by atoms with Gasteiger partial charge in [-0.05, 0) is 24.6 Å². The van der Waals surface area contributed by atoms with Crippen molar-refractivity contribution < 1.29 is 14.4 Å². The number of ketones is 3. The maximum Gasteiger partial charge on any atom is 0.182 e. The van der Waals surface area contributed by atoms with E-state index in [1.54, 1.807) is 24.3 Å². The summed E-state index contributed by atoms with van der Waals surface area (Å²) in [6, 6.07) is 8.91. The number of rotatable bonds is 4. The van der Waals surface area contributed by atoms with E-state index in [2.05, 4.69) is 0 Å². The van der Waals surface area contributed by atoms with Crippen LogP contribution in [0.4, 0.5) is 0 Å². The highest BCUT2D eigenvalue weighted by molar-refractivity contribution is 6.17. The number of benzene rings is 1. The molecule has 1 aliphatic carbocycles. The molecule has 0 bridgehead atoms. The van der Waals surface area contributed by atoms with Crippen molar-refractivity contribution in [2.75, 3.05) is 0 Å². The number of carbonyl (C=O) groups is 3.